The molecule has 0 unspecified atom stereocenters. The summed E-state index contributed by atoms with van der Waals surface area (Å²) < 4.78 is 4.70. The lowest BCUT2D eigenvalue weighted by atomic mass is 10.00. The molecule has 1 aromatic carbocycles. The smallest absolute Gasteiger partial charge is 0.310 e. The number of aryl methyl sites for hydroxylation is 2. The van der Waals surface area contributed by atoms with E-state index >= 15 is 0 Å². The van der Waals surface area contributed by atoms with E-state index in [1.165, 1.54) is 7.11 Å². The van der Waals surface area contributed by atoms with Gasteiger partial charge in [-0.1, -0.05) is 17.7 Å². The van der Waals surface area contributed by atoms with Crippen molar-refractivity contribution in [3.05, 3.63) is 40.0 Å². The number of aromatic nitrogens is 1. The van der Waals surface area contributed by atoms with E-state index in [0.717, 1.165) is 27.6 Å². The average molecular weight is 264 g/mol. The van der Waals surface area contributed by atoms with E-state index in [1.54, 1.807) is 6.07 Å². The van der Waals surface area contributed by atoms with Crippen LogP contribution in [0.3, 0.4) is 0 Å². The number of halogens is 1. The summed E-state index contributed by atoms with van der Waals surface area (Å²) in [5.74, 6) is -0.279. The predicted molar refractivity (Wildman–Crippen MR) is 71.9 cm³/mol. The first-order valence-corrected chi connectivity index (χ1v) is 6.02. The molecule has 2 aromatic rings. The Morgan fingerprint density at radius 2 is 2.06 bits per heavy atom. The second-order valence-electron chi connectivity index (χ2n) is 4.33. The predicted octanol–water partition coefficient (Wildman–Crippen LogP) is 3.22. The number of esters is 1. The fraction of sp³-hybridized carbons (Fsp3) is 0.286. The molecule has 0 saturated heterocycles. The topological polar surface area (TPSA) is 39.2 Å². The Kier molecular flexibility index (Phi) is 3.53. The molecular weight excluding hydrogens is 250 g/mol. The van der Waals surface area contributed by atoms with Crippen LogP contribution in [0.4, 0.5) is 0 Å². The molecule has 0 spiro atoms. The Bertz CT molecular complexity index is 617. The lowest BCUT2D eigenvalue weighted by molar-refractivity contribution is -0.139. The maximum absolute atomic E-state index is 11.4. The molecule has 0 saturated carbocycles. The highest BCUT2D eigenvalue weighted by Gasteiger charge is 2.12. The lowest BCUT2D eigenvalue weighted by Gasteiger charge is -2.10. The molecule has 0 amide bonds. The van der Waals surface area contributed by atoms with Crippen LogP contribution in [-0.2, 0) is 16.0 Å². The van der Waals surface area contributed by atoms with E-state index in [-0.39, 0.29) is 12.4 Å². The van der Waals surface area contributed by atoms with Crippen LogP contribution >= 0.6 is 11.6 Å². The number of pyridine rings is 1. The molecule has 18 heavy (non-hydrogen) atoms. The number of benzene rings is 1. The Morgan fingerprint density at radius 1 is 1.33 bits per heavy atom. The van der Waals surface area contributed by atoms with Gasteiger partial charge in [-0.15, -0.1) is 0 Å². The van der Waals surface area contributed by atoms with Gasteiger partial charge in [-0.25, -0.2) is 4.98 Å². The van der Waals surface area contributed by atoms with Crippen LogP contribution in [0.2, 0.25) is 5.15 Å². The second-order valence-corrected chi connectivity index (χ2v) is 4.72. The number of ether oxygens (including phenoxy) is 1. The summed E-state index contributed by atoms with van der Waals surface area (Å²) in [5.41, 5.74) is 3.89. The Balaban J connectivity index is 2.68. The summed E-state index contributed by atoms with van der Waals surface area (Å²) in [7, 11) is 1.38. The number of nitrogens with zero attached hydrogens (tertiary/aromatic N) is 1. The lowest BCUT2D eigenvalue weighted by Crippen LogP contribution is -2.06. The molecule has 2 rings (SSSR count). The Hall–Kier alpha value is -1.61. The first-order valence-electron chi connectivity index (χ1n) is 5.64. The van der Waals surface area contributed by atoms with Gasteiger partial charge in [0.15, 0.2) is 0 Å². The largest absolute Gasteiger partial charge is 0.469 e. The van der Waals surface area contributed by atoms with Crippen LogP contribution in [0.5, 0.6) is 0 Å². The van der Waals surface area contributed by atoms with Crippen LogP contribution in [0.1, 0.15) is 16.7 Å². The van der Waals surface area contributed by atoms with Gasteiger partial charge in [-0.05, 0) is 42.7 Å². The molecule has 0 atom stereocenters. The summed E-state index contributed by atoms with van der Waals surface area (Å²) in [5, 5.41) is 1.38. The number of fused-ring (bicyclic) bond motifs is 1. The van der Waals surface area contributed by atoms with Gasteiger partial charge in [0, 0.05) is 5.39 Å². The van der Waals surface area contributed by atoms with Crippen LogP contribution < -0.4 is 0 Å². The SMILES string of the molecule is COC(=O)Cc1cc(Cl)nc2cc(C)cc(C)c12. The maximum atomic E-state index is 11.4. The van der Waals surface area contributed by atoms with Crippen molar-refractivity contribution in [2.45, 2.75) is 20.3 Å². The Labute approximate surface area is 111 Å². The minimum atomic E-state index is -0.279. The average Bonchev–Trinajstić information content (AvgIpc) is 2.26. The standard InChI is InChI=1S/C14H14ClNO2/c1-8-4-9(2)14-10(7-13(17)18-3)6-12(15)16-11(14)5-8/h4-6H,7H2,1-3H3. The molecule has 0 N–H and O–H groups in total. The zero-order valence-electron chi connectivity index (χ0n) is 10.6. The highest BCUT2D eigenvalue weighted by atomic mass is 35.5. The summed E-state index contributed by atoms with van der Waals surface area (Å²) in [4.78, 5) is 15.7. The van der Waals surface area contributed by atoms with Crippen molar-refractivity contribution in [1.82, 2.24) is 4.98 Å². The second kappa shape index (κ2) is 4.94. The third-order valence-corrected chi connectivity index (χ3v) is 3.06. The van der Waals surface area contributed by atoms with Gasteiger partial charge >= 0.3 is 5.97 Å². The number of methoxy groups -OCH3 is 1. The van der Waals surface area contributed by atoms with Gasteiger partial charge in [0.1, 0.15) is 5.15 Å². The molecule has 0 radical (unpaired) electrons. The normalized spacial score (nSPS) is 10.7. The van der Waals surface area contributed by atoms with Crippen LogP contribution in [0.25, 0.3) is 10.9 Å². The minimum Gasteiger partial charge on any atom is -0.469 e. The molecule has 0 fully saturated rings. The summed E-state index contributed by atoms with van der Waals surface area (Å²) >= 11 is 5.99. The van der Waals surface area contributed by atoms with E-state index in [1.807, 2.05) is 19.9 Å². The van der Waals surface area contributed by atoms with Gasteiger partial charge in [-0.3, -0.25) is 4.79 Å². The van der Waals surface area contributed by atoms with Gasteiger partial charge in [0.25, 0.3) is 0 Å². The quantitative estimate of drug-likeness (QED) is 0.617. The number of hydrogen-bond donors (Lipinski definition) is 0. The molecule has 4 heteroatoms. The van der Waals surface area contributed by atoms with Crippen molar-refractivity contribution in [2.24, 2.45) is 0 Å². The van der Waals surface area contributed by atoms with E-state index in [2.05, 4.69) is 11.1 Å². The minimum absolute atomic E-state index is 0.207. The highest BCUT2D eigenvalue weighted by Crippen LogP contribution is 2.26. The van der Waals surface area contributed by atoms with Crippen LogP contribution in [-0.4, -0.2) is 18.1 Å². The summed E-state index contributed by atoms with van der Waals surface area (Å²) in [6.45, 7) is 4.01. The van der Waals surface area contributed by atoms with Crippen LogP contribution in [0.15, 0.2) is 18.2 Å². The van der Waals surface area contributed by atoms with Crippen molar-refractivity contribution in [3.63, 3.8) is 0 Å². The fourth-order valence-electron chi connectivity index (χ4n) is 2.18. The van der Waals surface area contributed by atoms with Crippen molar-refractivity contribution >= 4 is 28.5 Å². The van der Waals surface area contributed by atoms with Crippen molar-refractivity contribution < 1.29 is 9.53 Å². The number of rotatable bonds is 2. The molecule has 1 heterocycles. The first-order chi connectivity index (χ1) is 8.51. The molecule has 0 aliphatic heterocycles. The third kappa shape index (κ3) is 2.46. The molecule has 0 bridgehead atoms. The highest BCUT2D eigenvalue weighted by molar-refractivity contribution is 6.30. The van der Waals surface area contributed by atoms with E-state index in [0.29, 0.717) is 5.15 Å². The Morgan fingerprint density at radius 3 is 2.72 bits per heavy atom. The van der Waals surface area contributed by atoms with Gasteiger partial charge < -0.3 is 4.74 Å². The number of carbonyl (C=O) groups is 1. The first kappa shape index (κ1) is 12.8. The molecule has 94 valence electrons. The summed E-state index contributed by atoms with van der Waals surface area (Å²) in [6.07, 6.45) is 0.207. The number of carbonyl (C=O) groups excluding carboxylic acids is 1. The molecular formula is C14H14ClNO2. The van der Waals surface area contributed by atoms with E-state index < -0.39 is 0 Å². The van der Waals surface area contributed by atoms with Crippen molar-refractivity contribution in [3.8, 4) is 0 Å². The van der Waals surface area contributed by atoms with Gasteiger partial charge in [0.2, 0.25) is 0 Å². The molecule has 0 aliphatic carbocycles. The van der Waals surface area contributed by atoms with Crippen molar-refractivity contribution in [1.29, 1.82) is 0 Å². The zero-order chi connectivity index (χ0) is 13.3. The van der Waals surface area contributed by atoms with Gasteiger partial charge in [0.05, 0.1) is 19.0 Å². The third-order valence-electron chi connectivity index (χ3n) is 2.86. The molecule has 0 aliphatic rings. The fourth-order valence-corrected chi connectivity index (χ4v) is 2.40. The van der Waals surface area contributed by atoms with E-state index in [4.69, 9.17) is 16.3 Å². The van der Waals surface area contributed by atoms with E-state index in [9.17, 15) is 4.79 Å². The van der Waals surface area contributed by atoms with Gasteiger partial charge in [-0.2, -0.15) is 0 Å². The van der Waals surface area contributed by atoms with Crippen LogP contribution in [0, 0.1) is 13.8 Å². The molecule has 3 nitrogen and oxygen atoms in total. The van der Waals surface area contributed by atoms with Crippen molar-refractivity contribution in [2.75, 3.05) is 7.11 Å². The summed E-state index contributed by atoms with van der Waals surface area (Å²) in [6, 6.07) is 5.76. The number of hydrogen-bond acceptors (Lipinski definition) is 3. The molecule has 1 aromatic heterocycles. The maximum Gasteiger partial charge on any atom is 0.310 e. The monoisotopic (exact) mass is 263 g/mol. The zero-order valence-corrected chi connectivity index (χ0v) is 11.3.